The van der Waals surface area contributed by atoms with Gasteiger partial charge in [0.2, 0.25) is 5.91 Å². The molecule has 2 aliphatic heterocycles. The molecule has 1 fully saturated rings. The molecule has 2 amide bonds. The van der Waals surface area contributed by atoms with E-state index in [9.17, 15) is 23.3 Å². The normalized spacial score (nSPS) is 19.8. The number of nitriles is 1. The number of sulfonamides is 1. The Balaban J connectivity index is 1.46. The second-order valence-electron chi connectivity index (χ2n) is 10.2. The SMILES string of the molecule is CC1Cc2nc(C(=O)N3CCN(S(=O)(=O)c4sc5cc(Cl)ccc5c4CC#N)CC3CC(=O)N(C)C)sc2CN1. The van der Waals surface area contributed by atoms with Crippen LogP contribution in [0.2, 0.25) is 5.02 Å². The maximum Gasteiger partial charge on any atom is 0.283 e. The number of hydrogen-bond acceptors (Lipinski definition) is 9. The zero-order chi connectivity index (χ0) is 28.8. The van der Waals surface area contributed by atoms with E-state index in [1.807, 2.05) is 0 Å². The number of rotatable bonds is 6. The molecule has 1 aromatic carbocycles. The first-order valence-electron chi connectivity index (χ1n) is 12.8. The highest BCUT2D eigenvalue weighted by Gasteiger charge is 2.40. The van der Waals surface area contributed by atoms with Gasteiger partial charge in [0.05, 0.1) is 24.2 Å². The van der Waals surface area contributed by atoms with E-state index in [4.69, 9.17) is 11.6 Å². The number of amides is 2. The lowest BCUT2D eigenvalue weighted by Crippen LogP contribution is -2.57. The highest BCUT2D eigenvalue weighted by molar-refractivity contribution is 7.91. The first-order chi connectivity index (χ1) is 19.0. The predicted molar refractivity (Wildman–Crippen MR) is 155 cm³/mol. The first-order valence-corrected chi connectivity index (χ1v) is 16.3. The molecule has 2 unspecified atom stereocenters. The van der Waals surface area contributed by atoms with Crippen molar-refractivity contribution in [2.45, 2.75) is 49.0 Å². The van der Waals surface area contributed by atoms with Crippen molar-refractivity contribution in [2.24, 2.45) is 0 Å². The number of thiophene rings is 1. The molecular formula is C26H29ClN6O4S3. The smallest absolute Gasteiger partial charge is 0.283 e. The van der Waals surface area contributed by atoms with Gasteiger partial charge in [0.1, 0.15) is 4.21 Å². The number of fused-ring (bicyclic) bond motifs is 2. The summed E-state index contributed by atoms with van der Waals surface area (Å²) in [6.45, 7) is 2.86. The second-order valence-corrected chi connectivity index (χ2v) is 14.9. The van der Waals surface area contributed by atoms with Crippen LogP contribution in [0.15, 0.2) is 22.4 Å². The maximum atomic E-state index is 14.0. The summed E-state index contributed by atoms with van der Waals surface area (Å²) >= 11 is 8.58. The van der Waals surface area contributed by atoms with Crippen molar-refractivity contribution >= 4 is 66.2 Å². The minimum Gasteiger partial charge on any atom is -0.349 e. The molecule has 40 heavy (non-hydrogen) atoms. The standard InChI is InChI=1S/C26H29ClN6O4S3/c1-15-10-20-22(13-29-15)38-24(30-20)25(35)33-9-8-32(14-17(33)12-23(34)31(2)3)40(36,37)26-19(6-7-28)18-5-4-16(27)11-21(18)39-26/h4-5,11,15,17,29H,6,8-10,12-14H2,1-3H3. The van der Waals surface area contributed by atoms with E-state index in [1.165, 1.54) is 20.5 Å². The summed E-state index contributed by atoms with van der Waals surface area (Å²) in [5.41, 5.74) is 1.35. The van der Waals surface area contributed by atoms with Crippen molar-refractivity contribution in [1.82, 2.24) is 24.4 Å². The van der Waals surface area contributed by atoms with E-state index >= 15 is 0 Å². The van der Waals surface area contributed by atoms with E-state index in [0.717, 1.165) is 28.3 Å². The number of nitrogens with zero attached hydrogens (tertiary/aromatic N) is 5. The van der Waals surface area contributed by atoms with E-state index in [1.54, 1.807) is 37.2 Å². The number of benzene rings is 1. The molecule has 0 bridgehead atoms. The van der Waals surface area contributed by atoms with Gasteiger partial charge in [-0.1, -0.05) is 17.7 Å². The average Bonchev–Trinajstić information content (AvgIpc) is 3.49. The molecule has 14 heteroatoms. The van der Waals surface area contributed by atoms with Crippen molar-refractivity contribution < 1.29 is 18.0 Å². The Hall–Kier alpha value is -2.60. The molecule has 3 aromatic rings. The van der Waals surface area contributed by atoms with Crippen molar-refractivity contribution in [3.63, 3.8) is 0 Å². The van der Waals surface area contributed by atoms with Crippen LogP contribution in [0.3, 0.4) is 0 Å². The fourth-order valence-corrected chi connectivity index (χ4v) is 9.72. The molecule has 0 spiro atoms. The Kier molecular flexibility index (Phi) is 8.20. The lowest BCUT2D eigenvalue weighted by molar-refractivity contribution is -0.130. The molecule has 5 rings (SSSR count). The number of piperazine rings is 1. The topological polar surface area (TPSA) is 127 Å². The Morgan fingerprint density at radius 3 is 2.77 bits per heavy atom. The molecular weight excluding hydrogens is 592 g/mol. The third kappa shape index (κ3) is 5.48. The third-order valence-corrected chi connectivity index (χ3v) is 12.2. The number of thiazole rings is 1. The Morgan fingerprint density at radius 1 is 1.27 bits per heavy atom. The molecule has 1 N–H and O–H groups in total. The summed E-state index contributed by atoms with van der Waals surface area (Å²) < 4.78 is 30.1. The summed E-state index contributed by atoms with van der Waals surface area (Å²) in [6.07, 6.45) is 0.639. The Labute approximate surface area is 246 Å². The molecule has 4 heterocycles. The van der Waals surface area contributed by atoms with Crippen LogP contribution in [0.4, 0.5) is 0 Å². The quantitative estimate of drug-likeness (QED) is 0.449. The number of halogens is 1. The lowest BCUT2D eigenvalue weighted by atomic mass is 10.1. The van der Waals surface area contributed by atoms with Gasteiger partial charge >= 0.3 is 0 Å². The van der Waals surface area contributed by atoms with E-state index < -0.39 is 16.1 Å². The van der Waals surface area contributed by atoms with Gasteiger partial charge in [-0.3, -0.25) is 9.59 Å². The number of carbonyl (C=O) groups excluding carboxylic acids is 2. The van der Waals surface area contributed by atoms with Crippen molar-refractivity contribution in [3.8, 4) is 6.07 Å². The van der Waals surface area contributed by atoms with Crippen LogP contribution in [0, 0.1) is 11.3 Å². The van der Waals surface area contributed by atoms with Crippen molar-refractivity contribution in [3.05, 3.63) is 44.4 Å². The van der Waals surface area contributed by atoms with Gasteiger partial charge in [-0.15, -0.1) is 22.7 Å². The van der Waals surface area contributed by atoms with Gasteiger partial charge in [0.15, 0.2) is 5.01 Å². The van der Waals surface area contributed by atoms with Crippen LogP contribution in [0.1, 0.15) is 39.3 Å². The summed E-state index contributed by atoms with van der Waals surface area (Å²) in [6, 6.07) is 6.78. The van der Waals surface area contributed by atoms with Gasteiger partial charge in [-0.25, -0.2) is 13.4 Å². The summed E-state index contributed by atoms with van der Waals surface area (Å²) in [5, 5.41) is 14.3. The summed E-state index contributed by atoms with van der Waals surface area (Å²) in [7, 11) is -0.767. The molecule has 2 aromatic heterocycles. The fourth-order valence-electron chi connectivity index (χ4n) is 5.07. The van der Waals surface area contributed by atoms with Crippen LogP contribution < -0.4 is 5.32 Å². The van der Waals surface area contributed by atoms with Crippen LogP contribution in [-0.4, -0.2) is 85.1 Å². The zero-order valence-corrected chi connectivity index (χ0v) is 25.5. The predicted octanol–water partition coefficient (Wildman–Crippen LogP) is 3.11. The highest BCUT2D eigenvalue weighted by atomic mass is 35.5. The lowest BCUT2D eigenvalue weighted by Gasteiger charge is -2.40. The first kappa shape index (κ1) is 28.9. The van der Waals surface area contributed by atoms with E-state index in [2.05, 4.69) is 23.3 Å². The van der Waals surface area contributed by atoms with Crippen LogP contribution in [0.25, 0.3) is 10.1 Å². The van der Waals surface area contributed by atoms with Gasteiger partial charge in [0, 0.05) is 79.3 Å². The third-order valence-electron chi connectivity index (χ3n) is 7.24. The maximum absolute atomic E-state index is 14.0. The van der Waals surface area contributed by atoms with Crippen molar-refractivity contribution in [1.29, 1.82) is 5.26 Å². The van der Waals surface area contributed by atoms with Crippen LogP contribution in [-0.2, 0) is 34.2 Å². The molecule has 10 nitrogen and oxygen atoms in total. The monoisotopic (exact) mass is 620 g/mol. The Morgan fingerprint density at radius 2 is 2.05 bits per heavy atom. The second kappa shape index (κ2) is 11.3. The number of aromatic nitrogens is 1. The zero-order valence-electron chi connectivity index (χ0n) is 22.3. The van der Waals surface area contributed by atoms with Crippen LogP contribution in [0.5, 0.6) is 0 Å². The van der Waals surface area contributed by atoms with E-state index in [0.29, 0.717) is 32.2 Å². The minimum absolute atomic E-state index is 0.0263. The van der Waals surface area contributed by atoms with Gasteiger partial charge in [0.25, 0.3) is 15.9 Å². The van der Waals surface area contributed by atoms with E-state index in [-0.39, 0.29) is 54.5 Å². The molecule has 1 saturated heterocycles. The Bertz CT molecular complexity index is 1630. The average molecular weight is 621 g/mol. The number of nitrogens with one attached hydrogen (secondary N) is 1. The largest absolute Gasteiger partial charge is 0.349 e. The fraction of sp³-hybridized carbons (Fsp3) is 0.462. The van der Waals surface area contributed by atoms with Gasteiger partial charge in [-0.2, -0.15) is 9.57 Å². The highest BCUT2D eigenvalue weighted by Crippen LogP contribution is 2.38. The van der Waals surface area contributed by atoms with Gasteiger partial charge < -0.3 is 15.1 Å². The summed E-state index contributed by atoms with van der Waals surface area (Å²) in [5.74, 6) is -0.498. The molecule has 2 atom stereocenters. The van der Waals surface area contributed by atoms with Gasteiger partial charge in [-0.05, 0) is 24.4 Å². The molecule has 0 aliphatic carbocycles. The molecule has 2 aliphatic rings. The van der Waals surface area contributed by atoms with Crippen LogP contribution >= 0.6 is 34.3 Å². The number of hydrogen-bond donors (Lipinski definition) is 1. The minimum atomic E-state index is -4.03. The van der Waals surface area contributed by atoms with Crippen molar-refractivity contribution in [2.75, 3.05) is 33.7 Å². The summed E-state index contributed by atoms with van der Waals surface area (Å²) in [4.78, 5) is 35.1. The number of carbonyl (C=O) groups is 2. The molecule has 212 valence electrons. The molecule has 0 radical (unpaired) electrons. The molecule has 0 saturated carbocycles.